The number of carbonyl (C=O) groups is 2. The second-order valence-corrected chi connectivity index (χ2v) is 7.83. The van der Waals surface area contributed by atoms with Gasteiger partial charge in [-0.25, -0.2) is 0 Å². The molecule has 2 fully saturated rings. The van der Waals surface area contributed by atoms with Crippen LogP contribution >= 0.6 is 0 Å². The minimum absolute atomic E-state index is 0.0777. The second kappa shape index (κ2) is 8.82. The molecule has 1 atom stereocenters. The molecule has 0 unspecified atom stereocenters. The summed E-state index contributed by atoms with van der Waals surface area (Å²) in [5, 5.41) is 10.5. The maximum absolute atomic E-state index is 12.5. The van der Waals surface area contributed by atoms with E-state index in [2.05, 4.69) is 27.7 Å². The molecule has 2 amide bonds. The number of hydrogen-bond acceptors (Lipinski definition) is 6. The van der Waals surface area contributed by atoms with E-state index in [-0.39, 0.29) is 17.9 Å². The first-order valence-electron chi connectivity index (χ1n) is 10.1. The lowest BCUT2D eigenvalue weighted by Crippen LogP contribution is -2.52. The molecule has 27 heavy (non-hydrogen) atoms. The van der Waals surface area contributed by atoms with E-state index in [9.17, 15) is 9.59 Å². The van der Waals surface area contributed by atoms with E-state index in [0.29, 0.717) is 24.6 Å². The summed E-state index contributed by atoms with van der Waals surface area (Å²) in [7, 11) is 0. The molecule has 2 N–H and O–H groups in total. The largest absolute Gasteiger partial charge is 0.343 e. The molecule has 1 saturated carbocycles. The van der Waals surface area contributed by atoms with Gasteiger partial charge >= 0.3 is 0 Å². The fourth-order valence-corrected chi connectivity index (χ4v) is 4.19. The average Bonchev–Trinajstić information content (AvgIpc) is 3.00. The van der Waals surface area contributed by atoms with E-state index in [0.717, 1.165) is 58.2 Å². The Kier molecular flexibility index (Phi) is 6.46. The van der Waals surface area contributed by atoms with Crippen LogP contribution in [0.5, 0.6) is 0 Å². The third kappa shape index (κ3) is 4.86. The summed E-state index contributed by atoms with van der Waals surface area (Å²) in [6.07, 6.45) is 6.81. The number of aromatic nitrogens is 2. The molecule has 3 rings (SSSR count). The van der Waals surface area contributed by atoms with Crippen molar-refractivity contribution in [3.8, 4) is 0 Å². The number of carbonyl (C=O) groups excluding carboxylic acids is 2. The zero-order valence-corrected chi connectivity index (χ0v) is 16.4. The van der Waals surface area contributed by atoms with Crippen molar-refractivity contribution in [2.24, 2.45) is 0 Å². The molecule has 1 saturated heterocycles. The Hall–Kier alpha value is -1.96. The third-order valence-electron chi connectivity index (χ3n) is 5.64. The summed E-state index contributed by atoms with van der Waals surface area (Å²) in [4.78, 5) is 30.7. The van der Waals surface area contributed by atoms with Crippen LogP contribution in [0.25, 0.3) is 0 Å². The molecule has 1 aromatic rings. The normalized spacial score (nSPS) is 22.9. The maximum Gasteiger partial charge on any atom is 0.227 e. The standard InChI is InChI=1S/C19H31N5O3/c1-14-13-20-11-12-24(14)17(26)8-7-16-21-18(23-27-16)19(22-15(2)25)9-5-3-4-6-10-19/h14,20H,3-13H2,1-2H3,(H,22,25)/t14-/m1/s1. The van der Waals surface area contributed by atoms with Crippen molar-refractivity contribution >= 4 is 11.8 Å². The van der Waals surface area contributed by atoms with E-state index >= 15 is 0 Å². The molecular formula is C19H31N5O3. The predicted octanol–water partition coefficient (Wildman–Crippen LogP) is 1.51. The first-order valence-corrected chi connectivity index (χ1v) is 10.1. The smallest absolute Gasteiger partial charge is 0.227 e. The first-order chi connectivity index (χ1) is 13.0. The average molecular weight is 377 g/mol. The molecule has 0 bridgehead atoms. The third-order valence-corrected chi connectivity index (χ3v) is 5.64. The summed E-state index contributed by atoms with van der Waals surface area (Å²) < 4.78 is 5.43. The predicted molar refractivity (Wildman–Crippen MR) is 99.9 cm³/mol. The number of nitrogens with zero attached hydrogens (tertiary/aromatic N) is 3. The van der Waals surface area contributed by atoms with Crippen molar-refractivity contribution in [3.05, 3.63) is 11.7 Å². The van der Waals surface area contributed by atoms with E-state index < -0.39 is 5.54 Å². The lowest BCUT2D eigenvalue weighted by atomic mass is 9.89. The van der Waals surface area contributed by atoms with Crippen molar-refractivity contribution in [1.29, 1.82) is 0 Å². The molecule has 0 spiro atoms. The second-order valence-electron chi connectivity index (χ2n) is 7.83. The van der Waals surface area contributed by atoms with Gasteiger partial charge in [0.05, 0.1) is 0 Å². The van der Waals surface area contributed by atoms with Crippen molar-refractivity contribution in [2.75, 3.05) is 19.6 Å². The Labute approximate surface area is 160 Å². The summed E-state index contributed by atoms with van der Waals surface area (Å²) in [5.74, 6) is 1.06. The van der Waals surface area contributed by atoms with Gasteiger partial charge in [-0.15, -0.1) is 0 Å². The Morgan fingerprint density at radius 2 is 2.04 bits per heavy atom. The highest BCUT2D eigenvalue weighted by Gasteiger charge is 2.38. The van der Waals surface area contributed by atoms with Gasteiger partial charge in [0.1, 0.15) is 5.54 Å². The Bertz CT molecular complexity index is 652. The quantitative estimate of drug-likeness (QED) is 0.755. The lowest BCUT2D eigenvalue weighted by molar-refractivity contribution is -0.134. The fraction of sp³-hybridized carbons (Fsp3) is 0.789. The zero-order valence-electron chi connectivity index (χ0n) is 16.4. The number of hydrogen-bond donors (Lipinski definition) is 2. The highest BCUT2D eigenvalue weighted by atomic mass is 16.5. The minimum Gasteiger partial charge on any atom is -0.343 e. The molecule has 150 valence electrons. The fourth-order valence-electron chi connectivity index (χ4n) is 4.19. The van der Waals surface area contributed by atoms with Gasteiger partial charge in [0, 0.05) is 45.4 Å². The van der Waals surface area contributed by atoms with Gasteiger partial charge < -0.3 is 20.1 Å². The van der Waals surface area contributed by atoms with Crippen molar-refractivity contribution < 1.29 is 14.1 Å². The van der Waals surface area contributed by atoms with Gasteiger partial charge in [0.15, 0.2) is 5.82 Å². The zero-order chi connectivity index (χ0) is 19.3. The molecule has 8 nitrogen and oxygen atoms in total. The number of rotatable bonds is 5. The van der Waals surface area contributed by atoms with Gasteiger partial charge in [0.2, 0.25) is 17.7 Å². The van der Waals surface area contributed by atoms with Crippen LogP contribution in [0.1, 0.15) is 70.5 Å². The van der Waals surface area contributed by atoms with Crippen LogP contribution in [0.2, 0.25) is 0 Å². The lowest BCUT2D eigenvalue weighted by Gasteiger charge is -2.34. The summed E-state index contributed by atoms with van der Waals surface area (Å²) in [6, 6.07) is 0.207. The van der Waals surface area contributed by atoms with Crippen molar-refractivity contribution in [2.45, 2.75) is 76.8 Å². The summed E-state index contributed by atoms with van der Waals surface area (Å²) in [5.41, 5.74) is -0.541. The van der Waals surface area contributed by atoms with E-state index in [1.807, 2.05) is 4.90 Å². The molecular weight excluding hydrogens is 346 g/mol. The molecule has 1 aromatic heterocycles. The number of nitrogens with one attached hydrogen (secondary N) is 2. The maximum atomic E-state index is 12.5. The van der Waals surface area contributed by atoms with Crippen molar-refractivity contribution in [1.82, 2.24) is 25.7 Å². The van der Waals surface area contributed by atoms with Crippen LogP contribution in [0, 0.1) is 0 Å². The molecule has 2 aliphatic rings. The van der Waals surface area contributed by atoms with Gasteiger partial charge in [-0.3, -0.25) is 9.59 Å². The Morgan fingerprint density at radius 3 is 2.70 bits per heavy atom. The van der Waals surface area contributed by atoms with E-state index in [1.165, 1.54) is 6.92 Å². The number of aryl methyl sites for hydroxylation is 1. The summed E-state index contributed by atoms with van der Waals surface area (Å²) in [6.45, 7) is 5.98. The van der Waals surface area contributed by atoms with Crippen LogP contribution in [0.15, 0.2) is 4.52 Å². The summed E-state index contributed by atoms with van der Waals surface area (Å²) >= 11 is 0. The van der Waals surface area contributed by atoms with Crippen LogP contribution in [-0.2, 0) is 21.5 Å². The van der Waals surface area contributed by atoms with Crippen LogP contribution in [0.4, 0.5) is 0 Å². The Balaban J connectivity index is 1.65. The number of piperazine rings is 1. The molecule has 8 heteroatoms. The SMILES string of the molecule is CC(=O)NC1(c2noc(CCC(=O)N3CCNC[C@H]3C)n2)CCCCCC1. The van der Waals surface area contributed by atoms with Crippen LogP contribution in [-0.4, -0.2) is 52.5 Å². The molecule has 2 heterocycles. The van der Waals surface area contributed by atoms with Crippen LogP contribution in [0.3, 0.4) is 0 Å². The molecule has 1 aliphatic heterocycles. The van der Waals surface area contributed by atoms with Crippen LogP contribution < -0.4 is 10.6 Å². The van der Waals surface area contributed by atoms with Crippen molar-refractivity contribution in [3.63, 3.8) is 0 Å². The van der Waals surface area contributed by atoms with Gasteiger partial charge in [0.25, 0.3) is 0 Å². The minimum atomic E-state index is -0.541. The monoisotopic (exact) mass is 377 g/mol. The molecule has 0 aromatic carbocycles. The highest BCUT2D eigenvalue weighted by Crippen LogP contribution is 2.34. The van der Waals surface area contributed by atoms with E-state index in [1.54, 1.807) is 0 Å². The Morgan fingerprint density at radius 1 is 1.30 bits per heavy atom. The van der Waals surface area contributed by atoms with E-state index in [4.69, 9.17) is 4.52 Å². The number of amides is 2. The molecule has 1 aliphatic carbocycles. The first kappa shape index (κ1) is 19.8. The topological polar surface area (TPSA) is 100 Å². The molecule has 0 radical (unpaired) electrons. The highest BCUT2D eigenvalue weighted by molar-refractivity contribution is 5.76. The van der Waals surface area contributed by atoms with Gasteiger partial charge in [-0.05, 0) is 19.8 Å². The van der Waals surface area contributed by atoms with Gasteiger partial charge in [-0.1, -0.05) is 30.8 Å². The van der Waals surface area contributed by atoms with Gasteiger partial charge in [-0.2, -0.15) is 4.98 Å².